The Bertz CT molecular complexity index is 1250. The Morgan fingerprint density at radius 1 is 0.824 bits per heavy atom. The lowest BCUT2D eigenvalue weighted by Gasteiger charge is -2.27. The normalized spacial score (nSPS) is 10.8. The molecule has 0 aliphatic heterocycles. The number of nitrogens with one attached hydrogen (secondary N) is 1. The second-order valence-electron chi connectivity index (χ2n) is 7.93. The summed E-state index contributed by atoms with van der Waals surface area (Å²) >= 11 is 24.6. The number of rotatable bonds is 8. The highest BCUT2D eigenvalue weighted by atomic mass is 35.5. The number of para-hydroxylation sites is 1. The van der Waals surface area contributed by atoms with Crippen molar-refractivity contribution < 1.29 is 0 Å². The standard InChI is InChI=1S/C27H24Cl3N3S/c28-22-13-11-20(12-14-22)15-17-33(27(34)31-26-10-4-3-9-25(26)30)19-23-7-5-16-32(23)18-21-6-1-2-8-24(21)29/h1-14,16H,15,17-19H2,(H,31,34). The van der Waals surface area contributed by atoms with Crippen molar-refractivity contribution in [1.29, 1.82) is 0 Å². The first-order chi connectivity index (χ1) is 16.5. The van der Waals surface area contributed by atoms with Crippen LogP contribution < -0.4 is 5.32 Å². The van der Waals surface area contributed by atoms with Crippen molar-refractivity contribution in [3.05, 3.63) is 123 Å². The first kappa shape index (κ1) is 24.6. The van der Waals surface area contributed by atoms with E-state index < -0.39 is 0 Å². The minimum absolute atomic E-state index is 0.618. The summed E-state index contributed by atoms with van der Waals surface area (Å²) in [6.45, 7) is 2.06. The Hall–Kier alpha value is -2.50. The zero-order chi connectivity index (χ0) is 23.9. The van der Waals surface area contributed by atoms with E-state index >= 15 is 0 Å². The molecular formula is C27H24Cl3N3S. The molecule has 1 N–H and O–H groups in total. The summed E-state index contributed by atoms with van der Waals surface area (Å²) in [6.07, 6.45) is 2.90. The van der Waals surface area contributed by atoms with Gasteiger partial charge in [0, 0.05) is 35.0 Å². The Kier molecular flexibility index (Phi) is 8.52. The van der Waals surface area contributed by atoms with Crippen molar-refractivity contribution in [2.24, 2.45) is 0 Å². The minimum Gasteiger partial charge on any atom is -0.345 e. The Balaban J connectivity index is 1.53. The molecule has 0 aliphatic carbocycles. The molecule has 0 fully saturated rings. The Morgan fingerprint density at radius 3 is 2.26 bits per heavy atom. The van der Waals surface area contributed by atoms with Crippen molar-refractivity contribution in [2.75, 3.05) is 11.9 Å². The molecule has 3 aromatic carbocycles. The molecule has 0 radical (unpaired) electrons. The van der Waals surface area contributed by atoms with Crippen LogP contribution in [0.4, 0.5) is 5.69 Å². The summed E-state index contributed by atoms with van der Waals surface area (Å²) in [5.41, 5.74) is 4.20. The highest BCUT2D eigenvalue weighted by molar-refractivity contribution is 7.80. The van der Waals surface area contributed by atoms with Gasteiger partial charge in [-0.3, -0.25) is 0 Å². The molecule has 0 saturated heterocycles. The van der Waals surface area contributed by atoms with Crippen LogP contribution in [0, 0.1) is 0 Å². The molecule has 7 heteroatoms. The second-order valence-corrected chi connectivity index (χ2v) is 9.56. The summed E-state index contributed by atoms with van der Waals surface area (Å²) < 4.78 is 2.20. The Labute approximate surface area is 220 Å². The predicted octanol–water partition coefficient (Wildman–Crippen LogP) is 7.94. The first-order valence-corrected chi connectivity index (χ1v) is 12.5. The largest absolute Gasteiger partial charge is 0.345 e. The van der Waals surface area contributed by atoms with E-state index in [0.29, 0.717) is 23.2 Å². The van der Waals surface area contributed by atoms with Crippen LogP contribution in [0.2, 0.25) is 15.1 Å². The van der Waals surface area contributed by atoms with Gasteiger partial charge in [-0.05, 0) is 72.2 Å². The number of benzene rings is 3. The van der Waals surface area contributed by atoms with Crippen LogP contribution in [0.25, 0.3) is 0 Å². The van der Waals surface area contributed by atoms with Gasteiger partial charge in [0.1, 0.15) is 0 Å². The quantitative estimate of drug-likeness (QED) is 0.234. The third-order valence-electron chi connectivity index (χ3n) is 5.56. The molecule has 4 rings (SSSR count). The molecular weight excluding hydrogens is 505 g/mol. The fourth-order valence-corrected chi connectivity index (χ4v) is 4.45. The van der Waals surface area contributed by atoms with Crippen LogP contribution in [0.5, 0.6) is 0 Å². The lowest BCUT2D eigenvalue weighted by molar-refractivity contribution is 0.409. The van der Waals surface area contributed by atoms with Gasteiger partial charge in [-0.25, -0.2) is 0 Å². The predicted molar refractivity (Wildman–Crippen MR) is 148 cm³/mol. The summed E-state index contributed by atoms with van der Waals surface area (Å²) in [5.74, 6) is 0. The van der Waals surface area contributed by atoms with Crippen molar-refractivity contribution >= 4 is 57.8 Å². The van der Waals surface area contributed by atoms with Gasteiger partial charge in [-0.1, -0.05) is 77.3 Å². The van der Waals surface area contributed by atoms with Gasteiger partial charge in [0.2, 0.25) is 0 Å². The smallest absolute Gasteiger partial charge is 0.173 e. The summed E-state index contributed by atoms with van der Waals surface area (Å²) in [5, 5.41) is 6.06. The van der Waals surface area contributed by atoms with Crippen LogP contribution in [0.15, 0.2) is 91.1 Å². The van der Waals surface area contributed by atoms with Crippen LogP contribution in [0.3, 0.4) is 0 Å². The van der Waals surface area contributed by atoms with E-state index in [0.717, 1.165) is 40.0 Å². The second kappa shape index (κ2) is 11.8. The first-order valence-electron chi connectivity index (χ1n) is 10.9. The van der Waals surface area contributed by atoms with Gasteiger partial charge in [0.15, 0.2) is 5.11 Å². The van der Waals surface area contributed by atoms with Gasteiger partial charge in [0.05, 0.1) is 17.3 Å². The van der Waals surface area contributed by atoms with Gasteiger partial charge >= 0.3 is 0 Å². The monoisotopic (exact) mass is 527 g/mol. The average molecular weight is 529 g/mol. The molecule has 3 nitrogen and oxygen atoms in total. The van der Waals surface area contributed by atoms with Crippen LogP contribution in [-0.4, -0.2) is 21.1 Å². The van der Waals surface area contributed by atoms with Gasteiger partial charge in [-0.2, -0.15) is 0 Å². The molecule has 0 unspecified atom stereocenters. The molecule has 0 amide bonds. The third-order valence-corrected chi connectivity index (χ3v) is 6.87. The molecule has 0 saturated carbocycles. The van der Waals surface area contributed by atoms with Crippen molar-refractivity contribution in [3.8, 4) is 0 Å². The van der Waals surface area contributed by atoms with E-state index in [4.69, 9.17) is 47.0 Å². The molecule has 1 heterocycles. The number of anilines is 1. The number of aromatic nitrogens is 1. The maximum absolute atomic E-state index is 6.41. The summed E-state index contributed by atoms with van der Waals surface area (Å²) in [7, 11) is 0. The van der Waals surface area contributed by atoms with Gasteiger partial charge in [0.25, 0.3) is 0 Å². The van der Waals surface area contributed by atoms with Crippen LogP contribution in [0.1, 0.15) is 16.8 Å². The molecule has 0 bridgehead atoms. The fraction of sp³-hybridized carbons (Fsp3) is 0.148. The topological polar surface area (TPSA) is 20.2 Å². The third kappa shape index (κ3) is 6.55. The van der Waals surface area contributed by atoms with Crippen molar-refractivity contribution in [2.45, 2.75) is 19.5 Å². The lowest BCUT2D eigenvalue weighted by Crippen LogP contribution is -2.36. The van der Waals surface area contributed by atoms with Crippen LogP contribution in [-0.2, 0) is 19.5 Å². The molecule has 174 valence electrons. The highest BCUT2D eigenvalue weighted by Gasteiger charge is 2.15. The number of nitrogens with zero attached hydrogens (tertiary/aromatic N) is 2. The van der Waals surface area contributed by atoms with Crippen molar-refractivity contribution in [3.63, 3.8) is 0 Å². The molecule has 0 aliphatic rings. The van der Waals surface area contributed by atoms with Crippen molar-refractivity contribution in [1.82, 2.24) is 9.47 Å². The van der Waals surface area contributed by atoms with E-state index in [1.54, 1.807) is 0 Å². The number of hydrogen-bond donors (Lipinski definition) is 1. The minimum atomic E-state index is 0.618. The molecule has 0 spiro atoms. The zero-order valence-corrected chi connectivity index (χ0v) is 21.5. The highest BCUT2D eigenvalue weighted by Crippen LogP contribution is 2.22. The molecule has 34 heavy (non-hydrogen) atoms. The number of hydrogen-bond acceptors (Lipinski definition) is 1. The van der Waals surface area contributed by atoms with Gasteiger partial charge < -0.3 is 14.8 Å². The molecule has 0 atom stereocenters. The molecule has 1 aromatic heterocycles. The van der Waals surface area contributed by atoms with E-state index in [9.17, 15) is 0 Å². The van der Waals surface area contributed by atoms with E-state index in [2.05, 4.69) is 27.0 Å². The lowest BCUT2D eigenvalue weighted by atomic mass is 10.1. The summed E-state index contributed by atoms with van der Waals surface area (Å²) in [4.78, 5) is 2.16. The molecule has 4 aromatic rings. The average Bonchev–Trinajstić information content (AvgIpc) is 3.27. The fourth-order valence-electron chi connectivity index (χ4n) is 3.68. The van der Waals surface area contributed by atoms with E-state index in [1.165, 1.54) is 5.56 Å². The van der Waals surface area contributed by atoms with E-state index in [-0.39, 0.29) is 0 Å². The van der Waals surface area contributed by atoms with Crippen LogP contribution >= 0.6 is 47.0 Å². The number of thiocarbonyl (C=S) groups is 1. The van der Waals surface area contributed by atoms with E-state index in [1.807, 2.05) is 78.9 Å². The maximum atomic E-state index is 6.41. The van der Waals surface area contributed by atoms with Gasteiger partial charge in [-0.15, -0.1) is 0 Å². The summed E-state index contributed by atoms with van der Waals surface area (Å²) in [6, 6.07) is 27.6. The maximum Gasteiger partial charge on any atom is 0.173 e. The Morgan fingerprint density at radius 2 is 1.53 bits per heavy atom. The number of halogens is 3. The SMILES string of the molecule is S=C(Nc1ccccc1Cl)N(CCc1ccc(Cl)cc1)Cc1cccn1Cc1ccccc1Cl. The zero-order valence-electron chi connectivity index (χ0n) is 18.4.